The Morgan fingerprint density at radius 2 is 2.29 bits per heavy atom. The molecule has 1 aromatic heterocycles. The molecule has 0 aromatic carbocycles. The first-order valence-corrected chi connectivity index (χ1v) is 6.88. The Kier molecular flexibility index (Phi) is 2.92. The van der Waals surface area contributed by atoms with Crippen LogP contribution in [0.25, 0.3) is 0 Å². The number of fused-ring (bicyclic) bond motifs is 1. The molecule has 4 nitrogen and oxygen atoms in total. The van der Waals surface area contributed by atoms with Crippen LogP contribution in [0.15, 0.2) is 0 Å². The molecule has 2 atom stereocenters. The highest BCUT2D eigenvalue weighted by Crippen LogP contribution is 2.38. The van der Waals surface area contributed by atoms with E-state index in [4.69, 9.17) is 5.73 Å². The lowest BCUT2D eigenvalue weighted by atomic mass is 9.89. The lowest BCUT2D eigenvalue weighted by Crippen LogP contribution is -2.26. The minimum Gasteiger partial charge on any atom is -0.324 e. The van der Waals surface area contributed by atoms with Crippen molar-refractivity contribution in [3.8, 4) is 0 Å². The van der Waals surface area contributed by atoms with Gasteiger partial charge in [0.15, 0.2) is 0 Å². The second kappa shape index (κ2) is 4.42. The van der Waals surface area contributed by atoms with Crippen LogP contribution in [0.2, 0.25) is 0 Å². The molecule has 2 heterocycles. The van der Waals surface area contributed by atoms with Crippen molar-refractivity contribution in [2.24, 2.45) is 5.73 Å². The van der Waals surface area contributed by atoms with Gasteiger partial charge in [-0.25, -0.2) is 0 Å². The molecule has 0 unspecified atom stereocenters. The van der Waals surface area contributed by atoms with Gasteiger partial charge in [-0.2, -0.15) is 5.10 Å². The van der Waals surface area contributed by atoms with Crippen LogP contribution in [0.1, 0.15) is 61.6 Å². The highest BCUT2D eigenvalue weighted by molar-refractivity contribution is 5.33. The summed E-state index contributed by atoms with van der Waals surface area (Å²) in [5, 5.41) is 7.80. The minimum absolute atomic E-state index is 0.201. The number of rotatable bonds is 2. The molecule has 94 valence electrons. The fraction of sp³-hybridized carbons (Fsp3) is 0.769. The molecule has 1 saturated heterocycles. The lowest BCUT2D eigenvalue weighted by Gasteiger charge is -2.25. The van der Waals surface area contributed by atoms with Gasteiger partial charge in [0, 0.05) is 17.3 Å². The number of nitrogens with zero attached hydrogens (tertiary/aromatic N) is 2. The fourth-order valence-electron chi connectivity index (χ4n) is 3.42. The molecule has 0 spiro atoms. The number of nitrogens with one attached hydrogen (secondary N) is 1. The smallest absolute Gasteiger partial charge is 0.0844 e. The van der Waals surface area contributed by atoms with Crippen molar-refractivity contribution in [3.63, 3.8) is 0 Å². The van der Waals surface area contributed by atoms with Gasteiger partial charge in [0.2, 0.25) is 0 Å². The van der Waals surface area contributed by atoms with Gasteiger partial charge < -0.3 is 5.73 Å². The number of hydrogen-bond acceptors (Lipinski definition) is 3. The first kappa shape index (κ1) is 11.2. The number of aromatic nitrogens is 2. The summed E-state index contributed by atoms with van der Waals surface area (Å²) in [5.74, 6) is 0. The van der Waals surface area contributed by atoms with E-state index >= 15 is 0 Å². The number of aryl methyl sites for hydroxylation is 1. The van der Waals surface area contributed by atoms with Crippen LogP contribution >= 0.6 is 0 Å². The zero-order valence-corrected chi connectivity index (χ0v) is 10.6. The summed E-state index contributed by atoms with van der Waals surface area (Å²) in [4.78, 5) is 2.53. The minimum atomic E-state index is 0.201. The van der Waals surface area contributed by atoms with Gasteiger partial charge >= 0.3 is 0 Å². The predicted molar refractivity (Wildman–Crippen MR) is 67.7 cm³/mol. The highest BCUT2D eigenvalue weighted by atomic mass is 15.2. The van der Waals surface area contributed by atoms with E-state index in [2.05, 4.69) is 22.0 Å². The summed E-state index contributed by atoms with van der Waals surface area (Å²) in [6.45, 7) is 4.55. The summed E-state index contributed by atoms with van der Waals surface area (Å²) >= 11 is 0. The average molecular weight is 234 g/mol. The van der Waals surface area contributed by atoms with Gasteiger partial charge in [-0.1, -0.05) is 6.92 Å². The molecular formula is C13H22N4. The maximum Gasteiger partial charge on any atom is 0.0844 e. The van der Waals surface area contributed by atoms with Crippen LogP contribution in [0.3, 0.4) is 0 Å². The largest absolute Gasteiger partial charge is 0.324 e. The molecule has 0 radical (unpaired) electrons. The molecule has 17 heavy (non-hydrogen) atoms. The standard InChI is InChI=1S/C13H22N4/c1-2-17-8-4-7-11(17)13-12-9(14)5-3-6-10(12)15-16-13/h9,11H,2-8,14H2,1H3,(H,15,16)/t9-,11+/m1/s1. The van der Waals surface area contributed by atoms with Crippen molar-refractivity contribution in [3.05, 3.63) is 17.0 Å². The van der Waals surface area contributed by atoms with Crippen molar-refractivity contribution in [2.45, 2.75) is 51.1 Å². The summed E-state index contributed by atoms with van der Waals surface area (Å²) in [6.07, 6.45) is 5.94. The Balaban J connectivity index is 1.95. The molecule has 0 amide bonds. The number of nitrogens with two attached hydrogens (primary N) is 1. The van der Waals surface area contributed by atoms with Gasteiger partial charge in [0.25, 0.3) is 0 Å². The Morgan fingerprint density at radius 3 is 3.12 bits per heavy atom. The van der Waals surface area contributed by atoms with E-state index in [0.29, 0.717) is 6.04 Å². The van der Waals surface area contributed by atoms with Crippen molar-refractivity contribution in [1.29, 1.82) is 0 Å². The predicted octanol–water partition coefficient (Wildman–Crippen LogP) is 1.90. The van der Waals surface area contributed by atoms with Gasteiger partial charge in [-0.15, -0.1) is 0 Å². The van der Waals surface area contributed by atoms with Crippen molar-refractivity contribution >= 4 is 0 Å². The molecule has 1 aromatic rings. The fourth-order valence-corrected chi connectivity index (χ4v) is 3.42. The molecule has 2 aliphatic rings. The van der Waals surface area contributed by atoms with E-state index in [0.717, 1.165) is 19.4 Å². The van der Waals surface area contributed by atoms with Crippen LogP contribution in [0.5, 0.6) is 0 Å². The summed E-state index contributed by atoms with van der Waals surface area (Å²) in [6, 6.07) is 0.705. The Labute approximate surface area is 103 Å². The molecule has 0 saturated carbocycles. The Morgan fingerprint density at radius 1 is 1.41 bits per heavy atom. The van der Waals surface area contributed by atoms with E-state index in [-0.39, 0.29) is 6.04 Å². The maximum atomic E-state index is 6.27. The van der Waals surface area contributed by atoms with E-state index in [1.807, 2.05) is 0 Å². The van der Waals surface area contributed by atoms with Crippen LogP contribution in [-0.2, 0) is 6.42 Å². The van der Waals surface area contributed by atoms with E-state index in [1.165, 1.54) is 42.8 Å². The van der Waals surface area contributed by atoms with Crippen LogP contribution < -0.4 is 5.73 Å². The zero-order valence-electron chi connectivity index (χ0n) is 10.6. The third kappa shape index (κ3) is 1.79. The van der Waals surface area contributed by atoms with Gasteiger partial charge in [-0.3, -0.25) is 10.00 Å². The van der Waals surface area contributed by atoms with Gasteiger partial charge in [0.05, 0.1) is 11.7 Å². The summed E-state index contributed by atoms with van der Waals surface area (Å²) in [7, 11) is 0. The molecule has 3 N–H and O–H groups in total. The second-order valence-electron chi connectivity index (χ2n) is 5.29. The molecule has 1 aliphatic carbocycles. The second-order valence-corrected chi connectivity index (χ2v) is 5.29. The van der Waals surface area contributed by atoms with Crippen LogP contribution in [0, 0.1) is 0 Å². The van der Waals surface area contributed by atoms with E-state index < -0.39 is 0 Å². The third-order valence-corrected chi connectivity index (χ3v) is 4.31. The normalized spacial score (nSPS) is 29.5. The first-order chi connectivity index (χ1) is 8.31. The Bertz CT molecular complexity index is 398. The van der Waals surface area contributed by atoms with Crippen molar-refractivity contribution in [2.75, 3.05) is 13.1 Å². The molecule has 4 heteroatoms. The molecule has 3 rings (SSSR count). The average Bonchev–Trinajstić information content (AvgIpc) is 2.94. The van der Waals surface area contributed by atoms with E-state index in [9.17, 15) is 0 Å². The van der Waals surface area contributed by atoms with Gasteiger partial charge in [0.1, 0.15) is 0 Å². The lowest BCUT2D eigenvalue weighted by molar-refractivity contribution is 0.265. The zero-order chi connectivity index (χ0) is 11.8. The summed E-state index contributed by atoms with van der Waals surface area (Å²) in [5.41, 5.74) is 10.1. The summed E-state index contributed by atoms with van der Waals surface area (Å²) < 4.78 is 0. The van der Waals surface area contributed by atoms with Gasteiger partial charge in [-0.05, 0) is 45.2 Å². The molecule has 0 bridgehead atoms. The topological polar surface area (TPSA) is 57.9 Å². The maximum absolute atomic E-state index is 6.27. The SMILES string of the molecule is CCN1CCC[C@H]1c1n[nH]c2c1[C@H](N)CCC2. The number of hydrogen-bond donors (Lipinski definition) is 2. The highest BCUT2D eigenvalue weighted by Gasteiger charge is 2.32. The molecular weight excluding hydrogens is 212 g/mol. The monoisotopic (exact) mass is 234 g/mol. The van der Waals surface area contributed by atoms with E-state index in [1.54, 1.807) is 0 Å². The first-order valence-electron chi connectivity index (χ1n) is 6.88. The third-order valence-electron chi connectivity index (χ3n) is 4.31. The molecule has 1 fully saturated rings. The number of H-pyrrole nitrogens is 1. The van der Waals surface area contributed by atoms with Crippen molar-refractivity contribution < 1.29 is 0 Å². The van der Waals surface area contributed by atoms with Crippen LogP contribution in [-0.4, -0.2) is 28.2 Å². The number of aromatic amines is 1. The van der Waals surface area contributed by atoms with Crippen molar-refractivity contribution in [1.82, 2.24) is 15.1 Å². The Hall–Kier alpha value is -0.870. The quantitative estimate of drug-likeness (QED) is 0.821. The number of likely N-dealkylation sites (tertiary alicyclic amines) is 1. The molecule has 1 aliphatic heterocycles. The van der Waals surface area contributed by atoms with Crippen LogP contribution in [0.4, 0.5) is 0 Å².